The van der Waals surface area contributed by atoms with Crippen LogP contribution in [0.3, 0.4) is 0 Å². The normalized spacial score (nSPS) is 15.9. The highest BCUT2D eigenvalue weighted by Gasteiger charge is 2.41. The van der Waals surface area contributed by atoms with Crippen LogP contribution in [0.4, 0.5) is 71.5 Å². The Morgan fingerprint density at radius 1 is 0.360 bits per heavy atom. The second kappa shape index (κ2) is 57.2. The molecule has 5 amide bonds. The number of nitrogens with one attached hydrogen (secondary N) is 5. The Hall–Kier alpha value is -10.9. The number of aromatic nitrogens is 10. The van der Waals surface area contributed by atoms with Crippen molar-refractivity contribution in [2.45, 2.75) is 220 Å². The van der Waals surface area contributed by atoms with Crippen LogP contribution in [0.25, 0.3) is 0 Å². The molecule has 4 saturated heterocycles. The molecule has 0 spiro atoms. The Balaban J connectivity index is 0.000000192. The van der Waals surface area contributed by atoms with Gasteiger partial charge in [-0.15, -0.1) is 0 Å². The Labute approximate surface area is 885 Å². The van der Waals surface area contributed by atoms with Crippen LogP contribution in [0.5, 0.6) is 0 Å². The molecule has 4 aliphatic rings. The average molecular weight is 2220 g/mol. The second-order valence-corrected chi connectivity index (χ2v) is 39.3. The average Bonchev–Trinajstić information content (AvgIpc) is 1.58. The molecule has 28 nitrogen and oxygen atoms in total. The number of alkyl halides is 15. The van der Waals surface area contributed by atoms with E-state index in [0.717, 1.165) is 181 Å². The monoisotopic (exact) mass is 2220 g/mol. The SMILES string of the molecule is CC1CCCC(C)N1CCN(Cc1ccccc1Cl)C(=O)c1cc(C(F)(F)F)[nH]n1.CCCN(CC)CCN(Cc1ccccc1Cl)C(=O)c1cc(C(F)(F)F)[nH]n1.Cc1cccc(CN(CCN2CCCCCC2)C(=O)c2cc(C(F)(F)F)[nH]n2)c1Cl.Cc1cccc(CN(CCN2CCCCCC2)C(=O)c2cc(C(F)(F)F)[nH]n2)c1Cl.O=C(c1cc(C(F)(F)F)[nH]n1)N(CCN1CCCCCC1)Cc1c(Cl)cccc1[N+](=O)[O-]. The van der Waals surface area contributed by atoms with Gasteiger partial charge in [-0.05, 0) is 189 Å². The number of piperidine rings is 1. The highest BCUT2D eigenvalue weighted by atomic mass is 35.5. The molecule has 0 radical (unpaired) electrons. The molecule has 5 N–H and O–H groups in total. The largest absolute Gasteiger partial charge is 0.432 e. The lowest BCUT2D eigenvalue weighted by molar-refractivity contribution is -0.385. The van der Waals surface area contributed by atoms with Crippen LogP contribution in [0.1, 0.15) is 250 Å². The number of nitro groups is 1. The van der Waals surface area contributed by atoms with Gasteiger partial charge < -0.3 is 44.1 Å². The Kier molecular flexibility index (Phi) is 46.1. The number of hydrogen-bond donors (Lipinski definition) is 5. The summed E-state index contributed by atoms with van der Waals surface area (Å²) in [6.07, 6.45) is -5.10. The van der Waals surface area contributed by atoms with Crippen LogP contribution in [0, 0.1) is 24.0 Å². The van der Waals surface area contributed by atoms with Gasteiger partial charge in [-0.2, -0.15) is 91.3 Å². The van der Waals surface area contributed by atoms with Crippen LogP contribution >= 0.6 is 58.0 Å². The smallest absolute Gasteiger partial charge is 0.332 e. The number of likely N-dealkylation sites (tertiary alicyclic amines) is 4. The maximum absolute atomic E-state index is 13.1. The van der Waals surface area contributed by atoms with Gasteiger partial charge in [0.15, 0.2) is 28.5 Å². The van der Waals surface area contributed by atoms with Crippen molar-refractivity contribution in [1.82, 2.24) is 100.0 Å². The van der Waals surface area contributed by atoms with E-state index in [2.05, 4.69) is 70.8 Å². The van der Waals surface area contributed by atoms with Crippen molar-refractivity contribution in [1.29, 1.82) is 0 Å². The summed E-state index contributed by atoms with van der Waals surface area (Å²) in [5.41, 5.74) is -2.13. The van der Waals surface area contributed by atoms with Crippen LogP contribution in [0.15, 0.2) is 133 Å². The summed E-state index contributed by atoms with van der Waals surface area (Å²) in [5, 5.41) is 41.1. The first-order chi connectivity index (χ1) is 71.1. The standard InChI is InChI=1S/3C21H26ClF3N4O.C20H23ClF3N5O3.C19H24ClF3N4O/c1-14-6-5-7-15(2)29(14)11-10-28(13-16-8-3-4-9-17(16)22)20(30)18-12-19(27-26-18)21(23,24)25;2*1-15-7-6-8-16(19(15)22)14-29(12-11-28-9-4-2-3-5-10-28)20(30)17-13-18(27-26-17)21(23,24)25;21-15-6-5-7-17(29(31)32)14(15)13-28(11-10-27-8-3-1-2-4-9-27)19(30)16-12-18(26-25-16)20(22,23)24;1-3-9-26(4-2)10-11-27(13-14-7-5-6-8-15(14)20)18(28)16-12-17(25-24-16)19(21,22)23/h3-4,8-9,12,14-15H,5-7,10-11,13H2,1-2H3,(H,26,27);2*6-8,13H,2-5,9-12,14H2,1H3,(H,26,27);5-7,12H,1-4,8-11,13H2,(H,25,26);5-8,12H,3-4,9-11,13H2,1-2H3,(H,24,25). The van der Waals surface area contributed by atoms with Crippen molar-refractivity contribution in [3.63, 3.8) is 0 Å². The number of amides is 5. The van der Waals surface area contributed by atoms with E-state index < -0.39 is 99.5 Å². The molecule has 4 aliphatic heterocycles. The zero-order valence-electron chi connectivity index (χ0n) is 84.0. The summed E-state index contributed by atoms with van der Waals surface area (Å²) in [7, 11) is 0. The molecule has 9 heterocycles. The van der Waals surface area contributed by atoms with Crippen LogP contribution in [-0.2, 0) is 63.6 Å². The molecule has 14 rings (SSSR count). The molecule has 4 fully saturated rings. The van der Waals surface area contributed by atoms with Crippen molar-refractivity contribution in [3.05, 3.63) is 265 Å². The number of carbonyl (C=O) groups excluding carboxylic acids is 5. The number of aromatic amines is 5. The van der Waals surface area contributed by atoms with Crippen LogP contribution < -0.4 is 0 Å². The van der Waals surface area contributed by atoms with Gasteiger partial charge in [0, 0.05) is 160 Å². The zero-order valence-corrected chi connectivity index (χ0v) is 87.8. The van der Waals surface area contributed by atoms with Crippen molar-refractivity contribution in [2.24, 2.45) is 0 Å². The lowest BCUT2D eigenvalue weighted by atomic mass is 9.97. The van der Waals surface area contributed by atoms with Gasteiger partial charge in [-0.25, -0.2) is 0 Å². The fourth-order valence-corrected chi connectivity index (χ4v) is 18.8. The van der Waals surface area contributed by atoms with Gasteiger partial charge >= 0.3 is 30.9 Å². The van der Waals surface area contributed by atoms with Gasteiger partial charge in [-0.3, -0.25) is 64.5 Å². The van der Waals surface area contributed by atoms with Crippen molar-refractivity contribution >= 4 is 93.2 Å². The first-order valence-electron chi connectivity index (χ1n) is 49.7. The molecular weight excluding hydrogens is 2090 g/mol. The highest BCUT2D eigenvalue weighted by molar-refractivity contribution is 6.33. The quantitative estimate of drug-likeness (QED) is 0.0142. The molecule has 2 atom stereocenters. The van der Waals surface area contributed by atoms with Crippen molar-refractivity contribution in [2.75, 3.05) is 118 Å². The topological polar surface area (TPSA) is 304 Å². The molecular formula is C102H125Cl5F15N21O7. The summed E-state index contributed by atoms with van der Waals surface area (Å²) < 4.78 is 194. The fourth-order valence-electron chi connectivity index (χ4n) is 17.8. The van der Waals surface area contributed by atoms with E-state index in [1.807, 2.05) is 88.7 Å². The molecule has 820 valence electrons. The third kappa shape index (κ3) is 36.7. The van der Waals surface area contributed by atoms with E-state index in [1.54, 1.807) is 42.5 Å². The minimum absolute atomic E-state index is 0.102. The number of benzene rings is 5. The highest BCUT2D eigenvalue weighted by Crippen LogP contribution is 2.37. The Morgan fingerprint density at radius 3 is 0.933 bits per heavy atom. The second-order valence-electron chi connectivity index (χ2n) is 37.3. The summed E-state index contributed by atoms with van der Waals surface area (Å²) in [4.78, 5) is 94.6. The Morgan fingerprint density at radius 2 is 0.640 bits per heavy atom. The van der Waals surface area contributed by atoms with Crippen LogP contribution in [0.2, 0.25) is 25.1 Å². The van der Waals surface area contributed by atoms with Crippen LogP contribution in [-0.4, -0.2) is 264 Å². The zero-order chi connectivity index (χ0) is 109. The minimum Gasteiger partial charge on any atom is -0.332 e. The number of nitrogens with zero attached hydrogens (tertiary/aromatic N) is 16. The van der Waals surface area contributed by atoms with E-state index in [9.17, 15) is 99.9 Å². The van der Waals surface area contributed by atoms with Gasteiger partial charge in [0.2, 0.25) is 0 Å². The van der Waals surface area contributed by atoms with Gasteiger partial charge in [-0.1, -0.05) is 196 Å². The number of likely N-dealkylation sites (N-methyl/N-ethyl adjacent to an activating group) is 1. The number of rotatable bonds is 34. The van der Waals surface area contributed by atoms with E-state index in [-0.39, 0.29) is 78.3 Å². The first-order valence-corrected chi connectivity index (χ1v) is 51.6. The van der Waals surface area contributed by atoms with E-state index in [0.29, 0.717) is 97.1 Å². The molecule has 48 heteroatoms. The van der Waals surface area contributed by atoms with Crippen molar-refractivity contribution in [3.8, 4) is 0 Å². The number of H-pyrrole nitrogens is 5. The van der Waals surface area contributed by atoms with Gasteiger partial charge in [0.1, 0.15) is 28.5 Å². The molecule has 2 unspecified atom stereocenters. The van der Waals surface area contributed by atoms with E-state index in [1.165, 1.54) is 74.8 Å². The fraction of sp³-hybridized carbons (Fsp3) is 0.510. The maximum atomic E-state index is 13.1. The number of carbonyl (C=O) groups is 5. The lowest BCUT2D eigenvalue weighted by Gasteiger charge is -2.40. The van der Waals surface area contributed by atoms with Gasteiger partial charge in [0.05, 0.1) is 22.1 Å². The molecule has 5 aromatic carbocycles. The van der Waals surface area contributed by atoms with E-state index >= 15 is 0 Å². The summed E-state index contributed by atoms with van der Waals surface area (Å²) in [5.74, 6) is -2.98. The van der Waals surface area contributed by atoms with Crippen molar-refractivity contribution < 1.29 is 94.8 Å². The Bertz CT molecular complexity index is 5820. The molecule has 5 aromatic heterocycles. The first kappa shape index (κ1) is 121. The minimum atomic E-state index is -4.68. The predicted molar refractivity (Wildman–Crippen MR) is 542 cm³/mol. The molecule has 0 bridgehead atoms. The lowest BCUT2D eigenvalue weighted by Crippen LogP contribution is -2.48. The number of aryl methyl sites for hydroxylation is 2. The summed E-state index contributed by atoms with van der Waals surface area (Å²) in [6, 6.07) is 34.0. The van der Waals surface area contributed by atoms with E-state index in [4.69, 9.17) is 58.0 Å². The molecule has 0 aliphatic carbocycles. The summed E-state index contributed by atoms with van der Waals surface area (Å²) >= 11 is 31.4. The molecule has 150 heavy (non-hydrogen) atoms. The third-order valence-electron chi connectivity index (χ3n) is 26.3. The number of hydrogen-bond acceptors (Lipinski definition) is 17. The number of halogens is 20. The number of nitro benzene ring substituents is 1. The summed E-state index contributed by atoms with van der Waals surface area (Å²) in [6.45, 7) is 24.7. The molecule has 10 aromatic rings. The predicted octanol–water partition coefficient (Wildman–Crippen LogP) is 23.8. The maximum Gasteiger partial charge on any atom is 0.432 e. The van der Waals surface area contributed by atoms with Gasteiger partial charge in [0.25, 0.3) is 35.2 Å². The third-order valence-corrected chi connectivity index (χ3v) is 28.5. The molecule has 0 saturated carbocycles.